The number of carboxylic acids is 1. The molecule has 12 nitrogen and oxygen atoms in total. The number of rotatable bonds is 5. The number of piperazine rings is 1. The van der Waals surface area contributed by atoms with Crippen molar-refractivity contribution in [2.24, 2.45) is 0 Å². The number of hydrogen-bond acceptors (Lipinski definition) is 10. The number of hydrogen-bond donors (Lipinski definition) is 3. The Balaban J connectivity index is 0.000000532. The maximum absolute atomic E-state index is 13.4. The average molecular weight is 592 g/mol. The Morgan fingerprint density at radius 2 is 1.69 bits per heavy atom. The van der Waals surface area contributed by atoms with Crippen LogP contribution in [0.3, 0.4) is 0 Å². The predicted octanol–water partition coefficient (Wildman–Crippen LogP) is 1.82. The molecule has 0 aliphatic carbocycles. The van der Waals surface area contributed by atoms with E-state index in [4.69, 9.17) is 19.9 Å². The monoisotopic (exact) mass is 591 g/mol. The number of thiazole rings is 1. The van der Waals surface area contributed by atoms with Gasteiger partial charge in [-0.05, 0) is 17.7 Å². The van der Waals surface area contributed by atoms with Gasteiger partial charge in [0.1, 0.15) is 0 Å². The Labute approximate surface area is 225 Å². The largest absolute Gasteiger partial charge is 0.490 e. The number of benzene rings is 1. The molecule has 2 saturated heterocycles. The van der Waals surface area contributed by atoms with Crippen LogP contribution in [0.1, 0.15) is 18.4 Å². The molecule has 0 atom stereocenters. The highest BCUT2D eigenvalue weighted by atomic mass is 32.2. The van der Waals surface area contributed by atoms with E-state index in [0.717, 1.165) is 15.6 Å². The molecular weight excluding hydrogens is 567 g/mol. The lowest BCUT2D eigenvalue weighted by molar-refractivity contribution is -0.192. The van der Waals surface area contributed by atoms with E-state index in [1.165, 1.54) is 15.6 Å². The molecule has 3 heterocycles. The van der Waals surface area contributed by atoms with Gasteiger partial charge < -0.3 is 14.7 Å². The van der Waals surface area contributed by atoms with Gasteiger partial charge in [0.15, 0.2) is 9.88 Å². The van der Waals surface area contributed by atoms with Crippen LogP contribution in [0.4, 0.5) is 18.3 Å². The topological polar surface area (TPSA) is 173 Å². The number of anilines is 1. The molecule has 17 heteroatoms. The molecule has 1 aromatic carbocycles. The van der Waals surface area contributed by atoms with Crippen LogP contribution in [-0.4, -0.2) is 90.2 Å². The molecule has 39 heavy (non-hydrogen) atoms. The molecular formula is C22H24F3N5O7S2. The standard InChI is InChI=1S/C20H23N5O5S2.C2HF3O2/c21-13-15-1-3-16(4-2-15)17-14-22-19(31-17)24-7-9-25(10-8-24)32(28,29)20(18(26)23-27)5-11-30-12-6-20;3-2(4,5)1(6)7/h1-4,14,27H,5-12H2,(H,23,26);(H,6,7). The van der Waals surface area contributed by atoms with Gasteiger partial charge in [0, 0.05) is 58.4 Å². The Morgan fingerprint density at radius 1 is 1.13 bits per heavy atom. The number of halogens is 3. The number of sulfonamides is 1. The molecule has 2 aliphatic heterocycles. The molecule has 0 spiro atoms. The van der Waals surface area contributed by atoms with Gasteiger partial charge in [-0.1, -0.05) is 23.5 Å². The second kappa shape index (κ2) is 12.3. The lowest BCUT2D eigenvalue weighted by atomic mass is 9.98. The number of carbonyl (C=O) groups is 2. The van der Waals surface area contributed by atoms with Crippen molar-refractivity contribution in [2.45, 2.75) is 23.8 Å². The molecule has 2 aliphatic rings. The zero-order chi connectivity index (χ0) is 28.8. The minimum Gasteiger partial charge on any atom is -0.475 e. The molecule has 0 saturated carbocycles. The lowest BCUT2D eigenvalue weighted by Crippen LogP contribution is -2.62. The van der Waals surface area contributed by atoms with Crippen molar-refractivity contribution < 1.29 is 46.2 Å². The first-order chi connectivity index (χ1) is 18.4. The Morgan fingerprint density at radius 3 is 2.18 bits per heavy atom. The van der Waals surface area contributed by atoms with E-state index in [9.17, 15) is 31.6 Å². The fourth-order valence-corrected chi connectivity index (χ4v) is 7.10. The summed E-state index contributed by atoms with van der Waals surface area (Å²) in [5, 5.41) is 26.0. The second-order valence-electron chi connectivity index (χ2n) is 8.44. The third kappa shape index (κ3) is 6.65. The first-order valence-electron chi connectivity index (χ1n) is 11.4. The number of ether oxygens (including phenoxy) is 1. The van der Waals surface area contributed by atoms with Gasteiger partial charge in [0.2, 0.25) is 10.0 Å². The molecule has 2 fully saturated rings. The van der Waals surface area contributed by atoms with Gasteiger partial charge in [0.25, 0.3) is 5.91 Å². The van der Waals surface area contributed by atoms with Gasteiger partial charge in [-0.15, -0.1) is 0 Å². The minimum absolute atomic E-state index is 0.00235. The molecule has 1 aromatic heterocycles. The number of hydroxylamine groups is 1. The summed E-state index contributed by atoms with van der Waals surface area (Å²) in [4.78, 5) is 28.7. The van der Waals surface area contributed by atoms with E-state index in [1.807, 2.05) is 17.0 Å². The zero-order valence-corrected chi connectivity index (χ0v) is 21.9. The van der Waals surface area contributed by atoms with Gasteiger partial charge in [0.05, 0.1) is 16.5 Å². The van der Waals surface area contributed by atoms with Crippen LogP contribution in [-0.2, 0) is 24.3 Å². The minimum atomic E-state index is -5.08. The quantitative estimate of drug-likeness (QED) is 0.344. The summed E-state index contributed by atoms with van der Waals surface area (Å²) >= 11 is 1.50. The third-order valence-electron chi connectivity index (χ3n) is 6.19. The van der Waals surface area contributed by atoms with E-state index in [2.05, 4.69) is 11.1 Å². The molecule has 1 amide bonds. The number of alkyl halides is 3. The summed E-state index contributed by atoms with van der Waals surface area (Å²) < 4.78 is 63.4. The third-order valence-corrected chi connectivity index (χ3v) is 9.93. The fourth-order valence-electron chi connectivity index (χ4n) is 4.03. The number of amides is 1. The summed E-state index contributed by atoms with van der Waals surface area (Å²) in [6.07, 6.45) is -3.31. The summed E-state index contributed by atoms with van der Waals surface area (Å²) in [6, 6.07) is 9.36. The van der Waals surface area contributed by atoms with Crippen LogP contribution >= 0.6 is 11.3 Å². The highest BCUT2D eigenvalue weighted by Crippen LogP contribution is 2.35. The smallest absolute Gasteiger partial charge is 0.475 e. The van der Waals surface area contributed by atoms with Crippen molar-refractivity contribution in [1.29, 1.82) is 5.26 Å². The van der Waals surface area contributed by atoms with Gasteiger partial charge in [-0.3, -0.25) is 10.0 Å². The van der Waals surface area contributed by atoms with Crippen molar-refractivity contribution in [3.05, 3.63) is 36.0 Å². The molecule has 4 rings (SSSR count). The van der Waals surface area contributed by atoms with Crippen molar-refractivity contribution >= 4 is 38.4 Å². The SMILES string of the molecule is N#Cc1ccc(-c2cnc(N3CCN(S(=O)(=O)C4(C(=O)NO)CCOCC4)CC3)s2)cc1.O=C(O)C(F)(F)F. The Bertz CT molecular complexity index is 1310. The fraction of sp³-hybridized carbons (Fsp3) is 0.455. The lowest BCUT2D eigenvalue weighted by Gasteiger charge is -2.41. The summed E-state index contributed by atoms with van der Waals surface area (Å²) in [7, 11) is -4.00. The van der Waals surface area contributed by atoms with Crippen molar-refractivity contribution in [2.75, 3.05) is 44.3 Å². The van der Waals surface area contributed by atoms with E-state index in [0.29, 0.717) is 18.7 Å². The molecule has 0 radical (unpaired) electrons. The van der Waals surface area contributed by atoms with Crippen LogP contribution in [0.25, 0.3) is 10.4 Å². The van der Waals surface area contributed by atoms with Gasteiger partial charge >= 0.3 is 12.1 Å². The van der Waals surface area contributed by atoms with Crippen molar-refractivity contribution in [1.82, 2.24) is 14.8 Å². The number of carboxylic acid groups (broad SMARTS) is 1. The van der Waals surface area contributed by atoms with Crippen LogP contribution in [0, 0.1) is 11.3 Å². The second-order valence-corrected chi connectivity index (χ2v) is 11.7. The van der Waals surface area contributed by atoms with Gasteiger partial charge in [-0.25, -0.2) is 23.7 Å². The highest BCUT2D eigenvalue weighted by Gasteiger charge is 2.54. The Kier molecular flexibility index (Phi) is 9.51. The number of nitriles is 1. The first kappa shape index (κ1) is 30.2. The maximum atomic E-state index is 13.4. The summed E-state index contributed by atoms with van der Waals surface area (Å²) in [6.45, 7) is 1.60. The molecule has 0 unspecified atom stereocenters. The molecule has 3 N–H and O–H groups in total. The van der Waals surface area contributed by atoms with E-state index < -0.39 is 32.8 Å². The van der Waals surface area contributed by atoms with Crippen LogP contribution < -0.4 is 10.4 Å². The summed E-state index contributed by atoms with van der Waals surface area (Å²) in [5.41, 5.74) is 3.10. The average Bonchev–Trinajstić information content (AvgIpc) is 3.43. The number of nitrogens with one attached hydrogen (secondary N) is 1. The molecule has 0 bridgehead atoms. The van der Waals surface area contributed by atoms with E-state index >= 15 is 0 Å². The normalized spacial score (nSPS) is 17.9. The summed E-state index contributed by atoms with van der Waals surface area (Å²) in [5.74, 6) is -3.66. The van der Waals surface area contributed by atoms with E-state index in [-0.39, 0.29) is 39.1 Å². The first-order valence-corrected chi connectivity index (χ1v) is 13.6. The van der Waals surface area contributed by atoms with Crippen LogP contribution in [0.2, 0.25) is 0 Å². The van der Waals surface area contributed by atoms with E-state index in [1.54, 1.807) is 23.8 Å². The van der Waals surface area contributed by atoms with Gasteiger partial charge in [-0.2, -0.15) is 22.7 Å². The Hall–Kier alpha value is -3.30. The number of carbonyl (C=O) groups excluding carboxylic acids is 1. The van der Waals surface area contributed by atoms with Crippen LogP contribution in [0.5, 0.6) is 0 Å². The number of aromatic nitrogens is 1. The zero-order valence-electron chi connectivity index (χ0n) is 20.2. The number of aliphatic carboxylic acids is 1. The van der Waals surface area contributed by atoms with Crippen molar-refractivity contribution in [3.8, 4) is 16.5 Å². The molecule has 2 aromatic rings. The van der Waals surface area contributed by atoms with Crippen LogP contribution in [0.15, 0.2) is 30.5 Å². The predicted molar refractivity (Wildman–Crippen MR) is 131 cm³/mol. The molecule has 212 valence electrons. The number of nitrogens with zero attached hydrogens (tertiary/aromatic N) is 4. The maximum Gasteiger partial charge on any atom is 0.490 e. The highest BCUT2D eigenvalue weighted by molar-refractivity contribution is 7.91. The van der Waals surface area contributed by atoms with Crippen molar-refractivity contribution in [3.63, 3.8) is 0 Å².